The van der Waals surface area contributed by atoms with E-state index in [1.807, 2.05) is 4.90 Å². The van der Waals surface area contributed by atoms with E-state index in [1.165, 1.54) is 34.4 Å². The maximum absolute atomic E-state index is 15.0. The van der Waals surface area contributed by atoms with Gasteiger partial charge in [-0.1, -0.05) is 50.3 Å². The number of imide groups is 1. The summed E-state index contributed by atoms with van der Waals surface area (Å²) in [4.78, 5) is 58.0. The fraction of sp³-hybridized carbons (Fsp3) is 0.630. The Bertz CT molecular complexity index is 1020. The number of hydrogen-bond acceptors (Lipinski definition) is 4. The summed E-state index contributed by atoms with van der Waals surface area (Å²) in [5, 5.41) is 0. The second kappa shape index (κ2) is 9.70. The molecule has 0 aromatic heterocycles. The van der Waals surface area contributed by atoms with Crippen molar-refractivity contribution in [3.05, 3.63) is 35.6 Å². The first-order chi connectivity index (χ1) is 16.9. The largest absolute Gasteiger partial charge is 0.336 e. The Hall–Kier alpha value is -2.77. The van der Waals surface area contributed by atoms with E-state index >= 15 is 4.39 Å². The van der Waals surface area contributed by atoms with Gasteiger partial charge in [0, 0.05) is 43.6 Å². The highest BCUT2D eigenvalue weighted by Crippen LogP contribution is 2.44. The number of carbonyl (C=O) groups is 4. The minimum Gasteiger partial charge on any atom is -0.336 e. The van der Waals surface area contributed by atoms with E-state index in [0.717, 1.165) is 51.4 Å². The first kappa shape index (κ1) is 23.9. The smallest absolute Gasteiger partial charge is 0.242 e. The second-order valence-corrected chi connectivity index (χ2v) is 10.6. The molecule has 1 aromatic carbocycles. The minimum absolute atomic E-state index is 0.0306. The Morgan fingerprint density at radius 1 is 0.886 bits per heavy atom. The molecule has 1 atom stereocenters. The summed E-state index contributed by atoms with van der Waals surface area (Å²) in [6.45, 7) is 0.836. The number of carbonyl (C=O) groups excluding carboxylic acids is 4. The van der Waals surface area contributed by atoms with Crippen LogP contribution in [0.25, 0.3) is 0 Å². The molecular weight excluding hydrogens is 449 g/mol. The lowest BCUT2D eigenvalue weighted by molar-refractivity contribution is -0.149. The molecule has 0 bridgehead atoms. The van der Waals surface area contributed by atoms with Gasteiger partial charge in [0.15, 0.2) is 0 Å². The molecule has 1 unspecified atom stereocenters. The summed E-state index contributed by atoms with van der Waals surface area (Å²) in [6, 6.07) is 6.01. The van der Waals surface area contributed by atoms with Crippen molar-refractivity contribution in [1.29, 1.82) is 0 Å². The summed E-state index contributed by atoms with van der Waals surface area (Å²) in [7, 11) is 0. The predicted molar refractivity (Wildman–Crippen MR) is 127 cm³/mol. The third-order valence-corrected chi connectivity index (χ3v) is 8.51. The molecule has 4 amide bonds. The van der Waals surface area contributed by atoms with Crippen LogP contribution in [0, 0.1) is 5.82 Å². The highest BCUT2D eigenvalue weighted by Gasteiger charge is 2.57. The molecule has 2 saturated heterocycles. The van der Waals surface area contributed by atoms with Crippen LogP contribution in [0.2, 0.25) is 0 Å². The lowest BCUT2D eigenvalue weighted by Gasteiger charge is -2.41. The van der Waals surface area contributed by atoms with Crippen molar-refractivity contribution >= 4 is 23.6 Å². The normalized spacial score (nSPS) is 26.8. The molecule has 4 fully saturated rings. The van der Waals surface area contributed by atoms with E-state index in [1.54, 1.807) is 6.07 Å². The predicted octanol–water partition coefficient (Wildman–Crippen LogP) is 3.16. The van der Waals surface area contributed by atoms with E-state index in [0.29, 0.717) is 13.1 Å². The molecule has 4 aliphatic rings. The highest BCUT2D eigenvalue weighted by molar-refractivity contribution is 6.11. The first-order valence-electron chi connectivity index (χ1n) is 13.1. The van der Waals surface area contributed by atoms with Crippen LogP contribution in [0.5, 0.6) is 0 Å². The maximum Gasteiger partial charge on any atom is 0.242 e. The Labute approximate surface area is 205 Å². The fourth-order valence-electron chi connectivity index (χ4n) is 6.64. The monoisotopic (exact) mass is 483 g/mol. The number of piperazine rings is 1. The van der Waals surface area contributed by atoms with Gasteiger partial charge in [0.1, 0.15) is 5.82 Å². The quantitative estimate of drug-likeness (QED) is 0.603. The van der Waals surface area contributed by atoms with Gasteiger partial charge in [-0.3, -0.25) is 24.1 Å². The number of rotatable bonds is 5. The van der Waals surface area contributed by atoms with Crippen molar-refractivity contribution < 1.29 is 23.6 Å². The van der Waals surface area contributed by atoms with Crippen LogP contribution >= 0.6 is 0 Å². The maximum atomic E-state index is 15.0. The molecule has 2 heterocycles. The molecule has 0 radical (unpaired) electrons. The van der Waals surface area contributed by atoms with E-state index in [2.05, 4.69) is 0 Å². The van der Waals surface area contributed by atoms with Gasteiger partial charge in [0.25, 0.3) is 0 Å². The fourth-order valence-corrected chi connectivity index (χ4v) is 6.64. The Kier molecular flexibility index (Phi) is 6.64. The standard InChI is InChI=1S/C27H34FN3O4/c28-22-13-7-6-12-21(22)27(17-24(33)31(26(27)35)20-10-4-5-11-20)16-23(32)29-14-15-30(25(34)18-29)19-8-2-1-3-9-19/h6-7,12-13,19-20H,1-5,8-11,14-18H2. The molecular formula is C27H34FN3O4. The molecule has 2 aliphatic carbocycles. The molecule has 5 rings (SSSR count). The van der Waals surface area contributed by atoms with Crippen molar-refractivity contribution in [2.75, 3.05) is 19.6 Å². The van der Waals surface area contributed by atoms with Gasteiger partial charge in [0.05, 0.1) is 12.0 Å². The number of amides is 4. The van der Waals surface area contributed by atoms with Gasteiger partial charge in [0.2, 0.25) is 23.6 Å². The van der Waals surface area contributed by atoms with Crippen LogP contribution in [0.1, 0.15) is 76.2 Å². The van der Waals surface area contributed by atoms with Crippen LogP contribution < -0.4 is 0 Å². The number of hydrogen-bond donors (Lipinski definition) is 0. The van der Waals surface area contributed by atoms with Crippen LogP contribution in [0.4, 0.5) is 4.39 Å². The molecule has 7 nitrogen and oxygen atoms in total. The SMILES string of the molecule is O=C(CC1(c2ccccc2F)CC(=O)N(C2CCCC2)C1=O)N1CCN(C2CCCCC2)C(=O)C1. The van der Waals surface area contributed by atoms with Crippen molar-refractivity contribution in [2.45, 2.75) is 88.1 Å². The Morgan fingerprint density at radius 3 is 2.23 bits per heavy atom. The highest BCUT2D eigenvalue weighted by atomic mass is 19.1. The summed E-state index contributed by atoms with van der Waals surface area (Å²) < 4.78 is 15.0. The van der Waals surface area contributed by atoms with Crippen molar-refractivity contribution in [1.82, 2.24) is 14.7 Å². The average Bonchev–Trinajstić information content (AvgIpc) is 3.46. The molecule has 0 spiro atoms. The lowest BCUT2D eigenvalue weighted by Crippen LogP contribution is -2.56. The van der Waals surface area contributed by atoms with Crippen LogP contribution in [-0.4, -0.2) is 70.0 Å². The van der Waals surface area contributed by atoms with Crippen molar-refractivity contribution in [3.8, 4) is 0 Å². The summed E-state index contributed by atoms with van der Waals surface area (Å²) >= 11 is 0. The Balaban J connectivity index is 1.37. The average molecular weight is 484 g/mol. The van der Waals surface area contributed by atoms with Gasteiger partial charge in [-0.2, -0.15) is 0 Å². The third kappa shape index (κ3) is 4.36. The van der Waals surface area contributed by atoms with Gasteiger partial charge >= 0.3 is 0 Å². The number of likely N-dealkylation sites (tertiary alicyclic amines) is 1. The minimum atomic E-state index is -1.56. The zero-order chi connectivity index (χ0) is 24.6. The van der Waals surface area contributed by atoms with Crippen LogP contribution in [0.15, 0.2) is 24.3 Å². The first-order valence-corrected chi connectivity index (χ1v) is 13.1. The van der Waals surface area contributed by atoms with Gasteiger partial charge < -0.3 is 9.80 Å². The van der Waals surface area contributed by atoms with Gasteiger partial charge in [-0.25, -0.2) is 4.39 Å². The summed E-state index contributed by atoms with van der Waals surface area (Å²) in [6.07, 6.45) is 8.31. The van der Waals surface area contributed by atoms with Crippen molar-refractivity contribution in [3.63, 3.8) is 0 Å². The van der Waals surface area contributed by atoms with Gasteiger partial charge in [-0.15, -0.1) is 0 Å². The number of nitrogens with zero attached hydrogens (tertiary/aromatic N) is 3. The zero-order valence-electron chi connectivity index (χ0n) is 20.2. The Morgan fingerprint density at radius 2 is 1.54 bits per heavy atom. The van der Waals surface area contributed by atoms with Crippen LogP contribution in [0.3, 0.4) is 0 Å². The molecule has 8 heteroatoms. The third-order valence-electron chi connectivity index (χ3n) is 8.51. The van der Waals surface area contributed by atoms with Crippen LogP contribution in [-0.2, 0) is 24.6 Å². The van der Waals surface area contributed by atoms with E-state index in [9.17, 15) is 19.2 Å². The molecule has 0 N–H and O–H groups in total. The topological polar surface area (TPSA) is 78.0 Å². The molecule has 2 aliphatic heterocycles. The van der Waals surface area contributed by atoms with Crippen molar-refractivity contribution in [2.24, 2.45) is 0 Å². The zero-order valence-corrected chi connectivity index (χ0v) is 20.2. The molecule has 1 aromatic rings. The molecule has 188 valence electrons. The molecule has 2 saturated carbocycles. The number of benzene rings is 1. The second-order valence-electron chi connectivity index (χ2n) is 10.6. The number of halogens is 1. The van der Waals surface area contributed by atoms with E-state index in [4.69, 9.17) is 0 Å². The van der Waals surface area contributed by atoms with E-state index < -0.39 is 17.1 Å². The molecule has 35 heavy (non-hydrogen) atoms. The van der Waals surface area contributed by atoms with Gasteiger partial charge in [-0.05, 0) is 31.7 Å². The lowest BCUT2D eigenvalue weighted by atomic mass is 9.75. The van der Waals surface area contributed by atoms with E-state index in [-0.39, 0.29) is 54.8 Å². The summed E-state index contributed by atoms with van der Waals surface area (Å²) in [5.74, 6) is -1.85. The summed E-state index contributed by atoms with van der Waals surface area (Å²) in [5.41, 5.74) is -1.47.